The summed E-state index contributed by atoms with van der Waals surface area (Å²) in [6, 6.07) is 7.75. The number of carbonyl (C=O) groups excluding carboxylic acids is 1. The van der Waals surface area contributed by atoms with E-state index >= 15 is 0 Å². The number of benzene rings is 1. The lowest BCUT2D eigenvalue weighted by Crippen LogP contribution is -2.29. The van der Waals surface area contributed by atoms with E-state index in [2.05, 4.69) is 0 Å². The molecule has 1 aromatic carbocycles. The Hall–Kier alpha value is -1.26. The molecule has 0 radical (unpaired) electrons. The zero-order valence-corrected chi connectivity index (χ0v) is 12.5. The Bertz CT molecular complexity index is 471. The third kappa shape index (κ3) is 3.64. The number of rotatable bonds is 6. The van der Waals surface area contributed by atoms with Gasteiger partial charge in [-0.05, 0) is 31.4 Å². The molecular formula is C15H19ClO4. The molecule has 1 saturated heterocycles. The second kappa shape index (κ2) is 6.46. The van der Waals surface area contributed by atoms with Gasteiger partial charge in [0, 0.05) is 10.9 Å². The van der Waals surface area contributed by atoms with E-state index < -0.39 is 11.9 Å². The lowest BCUT2D eigenvalue weighted by atomic mass is 9.96. The highest BCUT2D eigenvalue weighted by Crippen LogP contribution is 2.39. The van der Waals surface area contributed by atoms with Gasteiger partial charge in [-0.1, -0.05) is 36.7 Å². The van der Waals surface area contributed by atoms with Crippen molar-refractivity contribution in [3.05, 3.63) is 34.9 Å². The summed E-state index contributed by atoms with van der Waals surface area (Å²) in [4.78, 5) is 11.4. The van der Waals surface area contributed by atoms with Crippen LogP contribution in [-0.2, 0) is 20.6 Å². The van der Waals surface area contributed by atoms with Crippen molar-refractivity contribution < 1.29 is 19.0 Å². The van der Waals surface area contributed by atoms with Crippen LogP contribution in [0.15, 0.2) is 24.3 Å². The molecule has 110 valence electrons. The lowest BCUT2D eigenvalue weighted by Gasteiger charge is -2.20. The maximum Gasteiger partial charge on any atom is 0.510 e. The minimum absolute atomic E-state index is 0.0863. The number of carbonyl (C=O) groups is 1. The van der Waals surface area contributed by atoms with Crippen molar-refractivity contribution in [1.29, 1.82) is 0 Å². The third-order valence-electron chi connectivity index (χ3n) is 3.50. The monoisotopic (exact) mass is 298 g/mol. The van der Waals surface area contributed by atoms with Crippen LogP contribution >= 0.6 is 11.6 Å². The Kier molecular flexibility index (Phi) is 4.89. The summed E-state index contributed by atoms with van der Waals surface area (Å²) in [5, 5.41) is 0.761. The first-order valence-electron chi connectivity index (χ1n) is 6.80. The van der Waals surface area contributed by atoms with Gasteiger partial charge in [-0.3, -0.25) is 0 Å². The Morgan fingerprint density at radius 3 is 2.80 bits per heavy atom. The van der Waals surface area contributed by atoms with E-state index in [9.17, 15) is 4.79 Å². The fourth-order valence-electron chi connectivity index (χ4n) is 2.10. The second-order valence-electron chi connectivity index (χ2n) is 4.92. The highest BCUT2D eigenvalue weighted by Gasteiger charge is 2.54. The first-order valence-corrected chi connectivity index (χ1v) is 7.18. The summed E-state index contributed by atoms with van der Waals surface area (Å²) in [5.41, 5.74) is 1.09. The fraction of sp³-hybridized carbons (Fsp3) is 0.533. The summed E-state index contributed by atoms with van der Waals surface area (Å²) in [5.74, 6) is -0.726. The topological polar surface area (TPSA) is 48.1 Å². The van der Waals surface area contributed by atoms with E-state index in [0.29, 0.717) is 13.2 Å². The van der Waals surface area contributed by atoms with Crippen LogP contribution in [0.4, 0.5) is 4.79 Å². The summed E-state index contributed by atoms with van der Waals surface area (Å²) >= 11 is 6.13. The van der Waals surface area contributed by atoms with Crippen LogP contribution in [-0.4, -0.2) is 25.2 Å². The van der Waals surface area contributed by atoms with Crippen LogP contribution in [0.5, 0.6) is 0 Å². The SMILES string of the molecule is CCOC(=O)OC1(C(C)CCc2ccccc2Cl)CO1. The van der Waals surface area contributed by atoms with Gasteiger partial charge in [0.05, 0.1) is 6.61 Å². The first kappa shape index (κ1) is 15.1. The molecule has 2 rings (SSSR count). The normalized spacial score (nSPS) is 22.1. The van der Waals surface area contributed by atoms with Crippen molar-refractivity contribution in [2.45, 2.75) is 32.5 Å². The predicted molar refractivity (Wildman–Crippen MR) is 75.7 cm³/mol. The van der Waals surface area contributed by atoms with Gasteiger partial charge in [-0.15, -0.1) is 0 Å². The van der Waals surface area contributed by atoms with Crippen molar-refractivity contribution in [2.75, 3.05) is 13.2 Å². The Morgan fingerprint density at radius 1 is 1.50 bits per heavy atom. The molecule has 0 aromatic heterocycles. The fourth-order valence-corrected chi connectivity index (χ4v) is 2.33. The summed E-state index contributed by atoms with van der Waals surface area (Å²) in [6.45, 7) is 4.46. The molecule has 0 saturated carbocycles. The molecular weight excluding hydrogens is 280 g/mol. The van der Waals surface area contributed by atoms with E-state index in [1.165, 1.54) is 0 Å². The largest absolute Gasteiger partial charge is 0.510 e. The third-order valence-corrected chi connectivity index (χ3v) is 3.87. The molecule has 0 aliphatic carbocycles. The maximum absolute atomic E-state index is 11.4. The van der Waals surface area contributed by atoms with Crippen LogP contribution in [0.2, 0.25) is 5.02 Å². The number of hydrogen-bond donors (Lipinski definition) is 0. The van der Waals surface area contributed by atoms with Gasteiger partial charge in [0.2, 0.25) is 5.79 Å². The van der Waals surface area contributed by atoms with Gasteiger partial charge in [0.1, 0.15) is 6.61 Å². The van der Waals surface area contributed by atoms with Gasteiger partial charge in [-0.2, -0.15) is 0 Å². The molecule has 2 unspecified atom stereocenters. The second-order valence-corrected chi connectivity index (χ2v) is 5.32. The van der Waals surface area contributed by atoms with E-state index in [1.807, 2.05) is 31.2 Å². The number of aryl methyl sites for hydroxylation is 1. The smallest absolute Gasteiger partial charge is 0.435 e. The van der Waals surface area contributed by atoms with Crippen molar-refractivity contribution in [1.82, 2.24) is 0 Å². The molecule has 1 heterocycles. The summed E-state index contributed by atoms with van der Waals surface area (Å²) in [7, 11) is 0. The van der Waals surface area contributed by atoms with Crippen molar-refractivity contribution >= 4 is 17.8 Å². The van der Waals surface area contributed by atoms with E-state index in [1.54, 1.807) is 6.92 Å². The van der Waals surface area contributed by atoms with Crippen molar-refractivity contribution in [2.24, 2.45) is 5.92 Å². The molecule has 1 aromatic rings. The Morgan fingerprint density at radius 2 is 2.20 bits per heavy atom. The highest BCUT2D eigenvalue weighted by molar-refractivity contribution is 6.31. The van der Waals surface area contributed by atoms with Crippen LogP contribution < -0.4 is 0 Å². The minimum atomic E-state index is -0.812. The number of ether oxygens (including phenoxy) is 3. The molecule has 2 atom stereocenters. The molecule has 0 amide bonds. The predicted octanol–water partition coefficient (Wildman–Crippen LogP) is 3.81. The summed E-state index contributed by atoms with van der Waals surface area (Å²) < 4.78 is 15.4. The van der Waals surface area contributed by atoms with Gasteiger partial charge in [0.25, 0.3) is 0 Å². The molecule has 1 aliphatic heterocycles. The van der Waals surface area contributed by atoms with Crippen molar-refractivity contribution in [3.63, 3.8) is 0 Å². The lowest BCUT2D eigenvalue weighted by molar-refractivity contribution is -0.0625. The van der Waals surface area contributed by atoms with E-state index in [4.69, 9.17) is 25.8 Å². The van der Waals surface area contributed by atoms with Crippen LogP contribution in [0.1, 0.15) is 25.8 Å². The van der Waals surface area contributed by atoms with Gasteiger partial charge in [-0.25, -0.2) is 4.79 Å². The molecule has 0 N–H and O–H groups in total. The van der Waals surface area contributed by atoms with E-state index in [0.717, 1.165) is 23.4 Å². The molecule has 4 nitrogen and oxygen atoms in total. The molecule has 1 aliphatic rings. The standard InChI is InChI=1S/C15H19ClO4/c1-3-18-14(17)20-15(10-19-15)11(2)8-9-12-6-4-5-7-13(12)16/h4-7,11H,3,8-10H2,1-2H3. The van der Waals surface area contributed by atoms with Crippen LogP contribution in [0.3, 0.4) is 0 Å². The number of halogens is 1. The molecule has 0 spiro atoms. The van der Waals surface area contributed by atoms with Gasteiger partial charge >= 0.3 is 6.16 Å². The van der Waals surface area contributed by atoms with Gasteiger partial charge in [0.15, 0.2) is 0 Å². The number of epoxide rings is 1. The molecule has 0 bridgehead atoms. The maximum atomic E-state index is 11.4. The molecule has 20 heavy (non-hydrogen) atoms. The van der Waals surface area contributed by atoms with Crippen LogP contribution in [0.25, 0.3) is 0 Å². The van der Waals surface area contributed by atoms with Gasteiger partial charge < -0.3 is 14.2 Å². The zero-order chi connectivity index (χ0) is 14.6. The molecule has 5 heteroatoms. The minimum Gasteiger partial charge on any atom is -0.435 e. The average molecular weight is 299 g/mol. The summed E-state index contributed by atoms with van der Waals surface area (Å²) in [6.07, 6.45) is 0.968. The quantitative estimate of drug-likeness (QED) is 0.592. The van der Waals surface area contributed by atoms with Crippen LogP contribution in [0, 0.1) is 5.92 Å². The highest BCUT2D eigenvalue weighted by atomic mass is 35.5. The van der Waals surface area contributed by atoms with E-state index in [-0.39, 0.29) is 5.92 Å². The van der Waals surface area contributed by atoms with Crippen molar-refractivity contribution in [3.8, 4) is 0 Å². The average Bonchev–Trinajstić information content (AvgIpc) is 3.18. The molecule has 1 fully saturated rings. The zero-order valence-electron chi connectivity index (χ0n) is 11.7. The number of hydrogen-bond acceptors (Lipinski definition) is 4. The Balaban J connectivity index is 1.87. The Labute approximate surface area is 124 Å². The first-order chi connectivity index (χ1) is 9.57.